The molecule has 0 unspecified atom stereocenters. The summed E-state index contributed by atoms with van der Waals surface area (Å²) < 4.78 is 0.962. The minimum atomic E-state index is -0.236. The van der Waals surface area contributed by atoms with Crippen molar-refractivity contribution in [1.82, 2.24) is 9.97 Å². The molecular formula is C12H11BrClN3. The summed E-state index contributed by atoms with van der Waals surface area (Å²) in [6, 6.07) is 5.78. The summed E-state index contributed by atoms with van der Waals surface area (Å²) in [4.78, 5) is 7.60. The number of hydrogen-bond donors (Lipinski definition) is 2. The molecule has 5 heteroatoms. The number of nitrogens with two attached hydrogens (primary N) is 1. The Morgan fingerprint density at radius 2 is 2.18 bits per heavy atom. The van der Waals surface area contributed by atoms with Crippen molar-refractivity contribution in [2.75, 3.05) is 0 Å². The van der Waals surface area contributed by atoms with Crippen LogP contribution in [0.2, 0.25) is 5.02 Å². The van der Waals surface area contributed by atoms with Crippen LogP contribution < -0.4 is 5.73 Å². The Kier molecular flexibility index (Phi) is 2.54. The molecule has 3 rings (SSSR count). The summed E-state index contributed by atoms with van der Waals surface area (Å²) in [7, 11) is 0. The van der Waals surface area contributed by atoms with Gasteiger partial charge in [0.15, 0.2) is 0 Å². The summed E-state index contributed by atoms with van der Waals surface area (Å²) in [6.07, 6.45) is 3.78. The number of nitrogens with zero attached hydrogens (tertiary/aromatic N) is 1. The van der Waals surface area contributed by atoms with Crippen LogP contribution in [0, 0.1) is 0 Å². The predicted octanol–water partition coefficient (Wildman–Crippen LogP) is 3.44. The maximum Gasteiger partial charge on any atom is 0.126 e. The Labute approximate surface area is 113 Å². The van der Waals surface area contributed by atoms with E-state index >= 15 is 0 Å². The standard InChI is InChI=1S/C12H11BrClN3/c13-7-1-2-8(9(14)5-7)10-6-16-11(17-10)12(15)3-4-12/h1-2,5-6H,3-4,15H2,(H,16,17). The lowest BCUT2D eigenvalue weighted by Gasteiger charge is -2.04. The van der Waals surface area contributed by atoms with Crippen LogP contribution in [0.15, 0.2) is 28.9 Å². The van der Waals surface area contributed by atoms with Crippen LogP contribution in [0.25, 0.3) is 11.3 Å². The molecule has 1 aromatic heterocycles. The summed E-state index contributed by atoms with van der Waals surface area (Å²) in [5.74, 6) is 0.853. The van der Waals surface area contributed by atoms with Crippen molar-refractivity contribution < 1.29 is 0 Å². The molecule has 0 atom stereocenters. The third-order valence-electron chi connectivity index (χ3n) is 3.06. The van der Waals surface area contributed by atoms with Gasteiger partial charge >= 0.3 is 0 Å². The maximum absolute atomic E-state index is 6.19. The summed E-state index contributed by atoms with van der Waals surface area (Å²) in [5.41, 5.74) is 7.70. The molecule has 88 valence electrons. The van der Waals surface area contributed by atoms with Gasteiger partial charge in [0, 0.05) is 10.0 Å². The SMILES string of the molecule is NC1(c2ncc(-c3ccc(Br)cc3Cl)[nH]2)CC1. The van der Waals surface area contributed by atoms with E-state index in [0.29, 0.717) is 5.02 Å². The highest BCUT2D eigenvalue weighted by Gasteiger charge is 2.42. The number of halogens is 2. The molecule has 2 aromatic rings. The lowest BCUT2D eigenvalue weighted by molar-refractivity contribution is 0.685. The van der Waals surface area contributed by atoms with E-state index in [9.17, 15) is 0 Å². The third-order valence-corrected chi connectivity index (χ3v) is 3.86. The van der Waals surface area contributed by atoms with E-state index < -0.39 is 0 Å². The summed E-state index contributed by atoms with van der Waals surface area (Å²) in [5, 5.41) is 0.691. The first-order chi connectivity index (χ1) is 8.08. The van der Waals surface area contributed by atoms with Gasteiger partial charge < -0.3 is 10.7 Å². The average Bonchev–Trinajstić information content (AvgIpc) is 2.85. The number of imidazole rings is 1. The van der Waals surface area contributed by atoms with Gasteiger partial charge in [0.05, 0.1) is 22.5 Å². The first kappa shape index (κ1) is 11.3. The molecule has 1 saturated carbocycles. The Balaban J connectivity index is 2.01. The topological polar surface area (TPSA) is 54.7 Å². The monoisotopic (exact) mass is 311 g/mol. The molecule has 0 spiro atoms. The Morgan fingerprint density at radius 3 is 2.82 bits per heavy atom. The summed E-state index contributed by atoms with van der Waals surface area (Å²) >= 11 is 9.58. The average molecular weight is 313 g/mol. The van der Waals surface area contributed by atoms with Crippen molar-refractivity contribution in [3.63, 3.8) is 0 Å². The molecule has 0 amide bonds. The smallest absolute Gasteiger partial charge is 0.126 e. The van der Waals surface area contributed by atoms with Crippen molar-refractivity contribution in [2.45, 2.75) is 18.4 Å². The van der Waals surface area contributed by atoms with Crippen molar-refractivity contribution in [1.29, 1.82) is 0 Å². The van der Waals surface area contributed by atoms with E-state index in [2.05, 4.69) is 25.9 Å². The van der Waals surface area contributed by atoms with Crippen molar-refractivity contribution >= 4 is 27.5 Å². The Morgan fingerprint density at radius 1 is 1.41 bits per heavy atom. The van der Waals surface area contributed by atoms with E-state index in [1.807, 2.05) is 18.2 Å². The fraction of sp³-hybridized carbons (Fsp3) is 0.250. The van der Waals surface area contributed by atoms with Crippen LogP contribution in [0.1, 0.15) is 18.7 Å². The molecule has 1 aromatic carbocycles. The molecule has 0 aliphatic heterocycles. The first-order valence-electron chi connectivity index (χ1n) is 5.38. The van der Waals surface area contributed by atoms with E-state index in [1.54, 1.807) is 6.20 Å². The normalized spacial score (nSPS) is 17.1. The first-order valence-corrected chi connectivity index (χ1v) is 6.55. The maximum atomic E-state index is 6.19. The minimum Gasteiger partial charge on any atom is -0.340 e. The van der Waals surface area contributed by atoms with Crippen molar-refractivity contribution in [2.24, 2.45) is 5.73 Å². The lowest BCUT2D eigenvalue weighted by atomic mass is 10.2. The van der Waals surface area contributed by atoms with Gasteiger partial charge in [-0.25, -0.2) is 4.98 Å². The van der Waals surface area contributed by atoms with Gasteiger partial charge in [0.1, 0.15) is 5.82 Å². The lowest BCUT2D eigenvalue weighted by Crippen LogP contribution is -2.20. The van der Waals surface area contributed by atoms with E-state index in [1.165, 1.54) is 0 Å². The third kappa shape index (κ3) is 2.01. The van der Waals surface area contributed by atoms with Crippen LogP contribution >= 0.6 is 27.5 Å². The zero-order valence-electron chi connectivity index (χ0n) is 9.00. The second-order valence-electron chi connectivity index (χ2n) is 4.43. The molecule has 0 bridgehead atoms. The molecule has 0 radical (unpaired) electrons. The van der Waals surface area contributed by atoms with Gasteiger partial charge in [-0.2, -0.15) is 0 Å². The number of rotatable bonds is 2. The van der Waals surface area contributed by atoms with Gasteiger partial charge in [0.2, 0.25) is 0 Å². The number of hydrogen-bond acceptors (Lipinski definition) is 2. The molecule has 0 saturated heterocycles. The highest BCUT2D eigenvalue weighted by Crippen LogP contribution is 2.41. The largest absolute Gasteiger partial charge is 0.340 e. The fourth-order valence-corrected chi connectivity index (χ4v) is 2.57. The number of aromatic amines is 1. The predicted molar refractivity (Wildman–Crippen MR) is 71.8 cm³/mol. The molecular weight excluding hydrogens is 302 g/mol. The van der Waals surface area contributed by atoms with Gasteiger partial charge in [-0.05, 0) is 25.0 Å². The Bertz CT molecular complexity index is 575. The highest BCUT2D eigenvalue weighted by atomic mass is 79.9. The van der Waals surface area contributed by atoms with Gasteiger partial charge in [0.25, 0.3) is 0 Å². The van der Waals surface area contributed by atoms with Crippen LogP contribution in [0.3, 0.4) is 0 Å². The number of H-pyrrole nitrogens is 1. The summed E-state index contributed by atoms with van der Waals surface area (Å²) in [6.45, 7) is 0. The minimum absolute atomic E-state index is 0.236. The van der Waals surface area contributed by atoms with Crippen LogP contribution in [-0.4, -0.2) is 9.97 Å². The molecule has 1 fully saturated rings. The van der Waals surface area contributed by atoms with E-state index in [-0.39, 0.29) is 5.54 Å². The molecule has 3 N–H and O–H groups in total. The molecule has 17 heavy (non-hydrogen) atoms. The Hall–Kier alpha value is -0.840. The highest BCUT2D eigenvalue weighted by molar-refractivity contribution is 9.10. The van der Waals surface area contributed by atoms with Crippen LogP contribution in [0.5, 0.6) is 0 Å². The second-order valence-corrected chi connectivity index (χ2v) is 5.75. The van der Waals surface area contributed by atoms with E-state index in [4.69, 9.17) is 17.3 Å². The molecule has 1 aliphatic carbocycles. The second kappa shape index (κ2) is 3.83. The molecule has 1 heterocycles. The van der Waals surface area contributed by atoms with Crippen LogP contribution in [-0.2, 0) is 5.54 Å². The quantitative estimate of drug-likeness (QED) is 0.892. The van der Waals surface area contributed by atoms with Crippen molar-refractivity contribution in [3.05, 3.63) is 39.7 Å². The fourth-order valence-electron chi connectivity index (χ4n) is 1.79. The molecule has 1 aliphatic rings. The van der Waals surface area contributed by atoms with E-state index in [0.717, 1.165) is 34.4 Å². The van der Waals surface area contributed by atoms with Gasteiger partial charge in [-0.3, -0.25) is 0 Å². The number of aromatic nitrogens is 2. The van der Waals surface area contributed by atoms with Gasteiger partial charge in [-0.1, -0.05) is 33.6 Å². The van der Waals surface area contributed by atoms with Crippen molar-refractivity contribution in [3.8, 4) is 11.3 Å². The number of nitrogens with one attached hydrogen (secondary N) is 1. The number of benzene rings is 1. The zero-order chi connectivity index (χ0) is 12.0. The van der Waals surface area contributed by atoms with Crippen LogP contribution in [0.4, 0.5) is 0 Å². The van der Waals surface area contributed by atoms with Gasteiger partial charge in [-0.15, -0.1) is 0 Å². The zero-order valence-corrected chi connectivity index (χ0v) is 11.3. The molecule has 3 nitrogen and oxygen atoms in total.